The van der Waals surface area contributed by atoms with Gasteiger partial charge in [0.2, 0.25) is 5.91 Å². The number of rotatable bonds is 10. The molecular formula is C28H37N3O4S. The van der Waals surface area contributed by atoms with Crippen molar-refractivity contribution in [1.82, 2.24) is 10.6 Å². The fourth-order valence-electron chi connectivity index (χ4n) is 3.96. The molecule has 1 aliphatic heterocycles. The molecule has 1 aliphatic rings. The molecule has 0 bridgehead atoms. The number of benzene rings is 2. The van der Waals surface area contributed by atoms with Crippen molar-refractivity contribution in [1.29, 1.82) is 0 Å². The summed E-state index contributed by atoms with van der Waals surface area (Å²) in [7, 11) is 0. The minimum Gasteiger partial charge on any atom is -0.493 e. The lowest BCUT2D eigenvalue weighted by Crippen LogP contribution is -2.42. The largest absolute Gasteiger partial charge is 0.493 e. The van der Waals surface area contributed by atoms with E-state index in [-0.39, 0.29) is 23.0 Å². The van der Waals surface area contributed by atoms with Gasteiger partial charge < -0.3 is 25.4 Å². The van der Waals surface area contributed by atoms with Crippen molar-refractivity contribution >= 4 is 34.8 Å². The van der Waals surface area contributed by atoms with Crippen LogP contribution in [0.3, 0.4) is 0 Å². The molecule has 36 heavy (non-hydrogen) atoms. The maximum absolute atomic E-state index is 12.9. The summed E-state index contributed by atoms with van der Waals surface area (Å²) in [5.74, 6) is 0.538. The van der Waals surface area contributed by atoms with E-state index >= 15 is 0 Å². The smallest absolute Gasteiger partial charge is 0.251 e. The number of nitrogens with one attached hydrogen (secondary N) is 3. The molecule has 3 N–H and O–H groups in total. The molecule has 7 nitrogen and oxygen atoms in total. The van der Waals surface area contributed by atoms with E-state index < -0.39 is 5.41 Å². The lowest BCUT2D eigenvalue weighted by atomic mass is 9.87. The third-order valence-corrected chi connectivity index (χ3v) is 6.49. The Hall–Kier alpha value is -2.97. The lowest BCUT2D eigenvalue weighted by molar-refractivity contribution is -0.128. The molecule has 1 fully saturated rings. The highest BCUT2D eigenvalue weighted by atomic mass is 32.1. The molecule has 2 amide bonds. The van der Waals surface area contributed by atoms with Gasteiger partial charge in [0.05, 0.1) is 12.7 Å². The number of ether oxygens (including phenoxy) is 2. The minimum atomic E-state index is -0.624. The quantitative estimate of drug-likeness (QED) is 0.310. The van der Waals surface area contributed by atoms with E-state index in [9.17, 15) is 9.59 Å². The van der Waals surface area contributed by atoms with Crippen molar-refractivity contribution in [2.45, 2.75) is 59.5 Å². The van der Waals surface area contributed by atoms with Gasteiger partial charge in [-0.2, -0.15) is 0 Å². The lowest BCUT2D eigenvalue weighted by Gasteiger charge is -2.24. The molecule has 0 aliphatic carbocycles. The summed E-state index contributed by atoms with van der Waals surface area (Å²) < 4.78 is 11.5. The fourth-order valence-corrected chi connectivity index (χ4v) is 4.17. The summed E-state index contributed by atoms with van der Waals surface area (Å²) >= 11 is 5.35. The van der Waals surface area contributed by atoms with E-state index in [2.05, 4.69) is 22.0 Å². The van der Waals surface area contributed by atoms with Crippen LogP contribution >= 0.6 is 12.2 Å². The molecule has 2 aromatic rings. The zero-order chi connectivity index (χ0) is 26.1. The number of hydrogen-bond donors (Lipinski definition) is 3. The van der Waals surface area contributed by atoms with Gasteiger partial charge in [-0.15, -0.1) is 0 Å². The molecule has 2 aromatic carbocycles. The Morgan fingerprint density at radius 1 is 1.17 bits per heavy atom. The third kappa shape index (κ3) is 8.31. The van der Waals surface area contributed by atoms with E-state index in [1.807, 2.05) is 39.8 Å². The average molecular weight is 512 g/mol. The number of aryl methyl sites for hydroxylation is 2. The molecular weight excluding hydrogens is 474 g/mol. The zero-order valence-corrected chi connectivity index (χ0v) is 22.4. The van der Waals surface area contributed by atoms with Gasteiger partial charge in [-0.25, -0.2) is 0 Å². The Morgan fingerprint density at radius 2 is 1.97 bits per heavy atom. The summed E-state index contributed by atoms with van der Waals surface area (Å²) in [4.78, 5) is 25.4. The van der Waals surface area contributed by atoms with E-state index in [1.54, 1.807) is 24.3 Å². The van der Waals surface area contributed by atoms with Gasteiger partial charge in [-0.05, 0) is 87.1 Å². The molecule has 3 rings (SSSR count). The Labute approximate surface area is 219 Å². The number of anilines is 1. The van der Waals surface area contributed by atoms with Crippen LogP contribution in [0.25, 0.3) is 0 Å². The van der Waals surface area contributed by atoms with Crippen LogP contribution < -0.4 is 20.7 Å². The Kier molecular flexibility index (Phi) is 9.84. The van der Waals surface area contributed by atoms with Crippen LogP contribution in [0.4, 0.5) is 5.69 Å². The first kappa shape index (κ1) is 27.6. The fraction of sp³-hybridized carbons (Fsp3) is 0.464. The van der Waals surface area contributed by atoms with Crippen molar-refractivity contribution in [2.75, 3.05) is 25.1 Å². The molecule has 0 spiro atoms. The maximum Gasteiger partial charge on any atom is 0.251 e. The second kappa shape index (κ2) is 12.8. The number of thiocarbonyl (C=S) groups is 1. The van der Waals surface area contributed by atoms with Gasteiger partial charge in [0.1, 0.15) is 5.75 Å². The first-order valence-electron chi connectivity index (χ1n) is 12.5. The van der Waals surface area contributed by atoms with Crippen LogP contribution in [0.5, 0.6) is 5.75 Å². The number of carbonyl (C=O) groups excluding carboxylic acids is 2. The van der Waals surface area contributed by atoms with E-state index in [1.165, 1.54) is 0 Å². The molecule has 1 unspecified atom stereocenters. The van der Waals surface area contributed by atoms with Crippen molar-refractivity contribution < 1.29 is 19.1 Å². The van der Waals surface area contributed by atoms with Crippen molar-refractivity contribution in [3.63, 3.8) is 0 Å². The van der Waals surface area contributed by atoms with Crippen LogP contribution in [0, 0.1) is 19.3 Å². The molecule has 0 aromatic heterocycles. The van der Waals surface area contributed by atoms with Gasteiger partial charge in [-0.3, -0.25) is 9.59 Å². The monoisotopic (exact) mass is 511 g/mol. The van der Waals surface area contributed by atoms with Gasteiger partial charge in [0.25, 0.3) is 5.91 Å². The number of carbonyl (C=O) groups is 2. The summed E-state index contributed by atoms with van der Waals surface area (Å²) in [5, 5.41) is 8.89. The van der Waals surface area contributed by atoms with Crippen LogP contribution in [0.1, 0.15) is 61.0 Å². The summed E-state index contributed by atoms with van der Waals surface area (Å²) in [6, 6.07) is 13.1. The highest BCUT2D eigenvalue weighted by Crippen LogP contribution is 2.24. The maximum atomic E-state index is 12.9. The Bertz CT molecular complexity index is 1080. The molecule has 1 saturated heterocycles. The standard InChI is InChI=1S/C28H37N3O4S/c1-19-11-12-20(2)24(16-19)35-15-7-13-28(3,4)26(33)31-27(36)30-22-9-5-8-21(17-22)25(32)29-18-23-10-6-14-34-23/h5,8-9,11-12,16-17,23H,6-7,10,13-15,18H2,1-4H3,(H,29,32)(H2,30,31,33,36). The summed E-state index contributed by atoms with van der Waals surface area (Å²) in [5.41, 5.74) is 2.77. The van der Waals surface area contributed by atoms with E-state index in [0.717, 1.165) is 42.7 Å². The third-order valence-electron chi connectivity index (χ3n) is 6.29. The Balaban J connectivity index is 1.44. The molecule has 1 atom stereocenters. The average Bonchev–Trinajstić information content (AvgIpc) is 3.36. The molecule has 194 valence electrons. The predicted octanol–water partition coefficient (Wildman–Crippen LogP) is 4.91. The summed E-state index contributed by atoms with van der Waals surface area (Å²) in [6.45, 7) is 9.62. The van der Waals surface area contributed by atoms with Gasteiger partial charge in [0.15, 0.2) is 5.11 Å². The first-order chi connectivity index (χ1) is 17.1. The van der Waals surface area contributed by atoms with Crippen LogP contribution in [-0.2, 0) is 9.53 Å². The van der Waals surface area contributed by atoms with E-state index in [4.69, 9.17) is 21.7 Å². The topological polar surface area (TPSA) is 88.7 Å². The van der Waals surface area contributed by atoms with Crippen LogP contribution in [0.15, 0.2) is 42.5 Å². The van der Waals surface area contributed by atoms with Crippen molar-refractivity contribution in [3.8, 4) is 5.75 Å². The van der Waals surface area contributed by atoms with Gasteiger partial charge in [0, 0.05) is 29.8 Å². The highest BCUT2D eigenvalue weighted by molar-refractivity contribution is 7.80. The van der Waals surface area contributed by atoms with Gasteiger partial charge in [-0.1, -0.05) is 32.0 Å². The molecule has 0 radical (unpaired) electrons. The molecule has 8 heteroatoms. The first-order valence-corrected chi connectivity index (χ1v) is 12.9. The van der Waals surface area contributed by atoms with Crippen molar-refractivity contribution in [2.24, 2.45) is 5.41 Å². The van der Waals surface area contributed by atoms with Crippen LogP contribution in [0.2, 0.25) is 0 Å². The normalized spacial score (nSPS) is 15.3. The molecule has 0 saturated carbocycles. The zero-order valence-electron chi connectivity index (χ0n) is 21.6. The SMILES string of the molecule is Cc1ccc(C)c(OCCCC(C)(C)C(=O)NC(=S)Nc2cccc(C(=O)NCC3CCCO3)c2)c1. The highest BCUT2D eigenvalue weighted by Gasteiger charge is 2.28. The summed E-state index contributed by atoms with van der Waals surface area (Å²) in [6.07, 6.45) is 3.45. The van der Waals surface area contributed by atoms with Gasteiger partial charge >= 0.3 is 0 Å². The van der Waals surface area contributed by atoms with Crippen molar-refractivity contribution in [3.05, 3.63) is 59.2 Å². The van der Waals surface area contributed by atoms with E-state index in [0.29, 0.717) is 30.8 Å². The minimum absolute atomic E-state index is 0.0830. The Morgan fingerprint density at radius 3 is 2.72 bits per heavy atom. The number of amides is 2. The van der Waals surface area contributed by atoms with Crippen LogP contribution in [-0.4, -0.2) is 42.8 Å². The molecule has 1 heterocycles. The predicted molar refractivity (Wildman–Crippen MR) is 147 cm³/mol. The number of hydrogen-bond acceptors (Lipinski definition) is 5. The second-order valence-electron chi connectivity index (χ2n) is 9.94. The second-order valence-corrected chi connectivity index (χ2v) is 10.3.